The Kier molecular flexibility index (Phi) is 5.02. The number of hydrogen-bond acceptors (Lipinski definition) is 4. The molecule has 134 valence electrons. The number of nitrogens with one attached hydrogen (secondary N) is 1. The normalized spacial score (nSPS) is 10.9. The summed E-state index contributed by atoms with van der Waals surface area (Å²) < 4.78 is 0.799. The van der Waals surface area contributed by atoms with Gasteiger partial charge in [-0.2, -0.15) is 0 Å². The summed E-state index contributed by atoms with van der Waals surface area (Å²) in [6, 6.07) is 15.9. The SMILES string of the molecule is O=C(Nc1sc2ccccc2c(=O)c1-c1ccc(Cl)c(Cl)c1)c1cccs1. The van der Waals surface area contributed by atoms with Crippen molar-refractivity contribution in [1.82, 2.24) is 0 Å². The summed E-state index contributed by atoms with van der Waals surface area (Å²) in [5, 5.41) is 6.55. The van der Waals surface area contributed by atoms with Gasteiger partial charge >= 0.3 is 0 Å². The Morgan fingerprint density at radius 1 is 0.963 bits per heavy atom. The topological polar surface area (TPSA) is 46.2 Å². The van der Waals surface area contributed by atoms with Gasteiger partial charge in [0.2, 0.25) is 0 Å². The van der Waals surface area contributed by atoms with Crippen molar-refractivity contribution in [3.05, 3.63) is 85.1 Å². The Bertz CT molecular complexity index is 1220. The number of hydrogen-bond donors (Lipinski definition) is 1. The standard InChI is InChI=1S/C20H11Cl2NO2S2/c21-13-8-7-11(10-14(13)22)17-18(24)12-4-1-2-5-15(12)27-20(17)23-19(25)16-6-3-9-26-16/h1-10H,(H,23,25). The van der Waals surface area contributed by atoms with E-state index in [-0.39, 0.29) is 11.3 Å². The summed E-state index contributed by atoms with van der Waals surface area (Å²) in [4.78, 5) is 26.4. The van der Waals surface area contributed by atoms with E-state index in [4.69, 9.17) is 23.2 Å². The van der Waals surface area contributed by atoms with Crippen LogP contribution in [0.2, 0.25) is 10.0 Å². The van der Waals surface area contributed by atoms with Crippen molar-refractivity contribution in [2.24, 2.45) is 0 Å². The number of rotatable bonds is 3. The van der Waals surface area contributed by atoms with E-state index in [1.165, 1.54) is 22.7 Å². The maximum atomic E-state index is 13.2. The number of anilines is 1. The fraction of sp³-hybridized carbons (Fsp3) is 0. The minimum atomic E-state index is -0.253. The summed E-state index contributed by atoms with van der Waals surface area (Å²) in [5.41, 5.74) is 0.851. The van der Waals surface area contributed by atoms with Crippen LogP contribution in [0.5, 0.6) is 0 Å². The molecule has 0 aliphatic heterocycles. The fourth-order valence-electron chi connectivity index (χ4n) is 2.72. The van der Waals surface area contributed by atoms with Crippen molar-refractivity contribution in [3.8, 4) is 11.1 Å². The molecule has 0 unspecified atom stereocenters. The molecule has 1 amide bonds. The van der Waals surface area contributed by atoms with Gasteiger partial charge in [0.15, 0.2) is 5.43 Å². The number of amides is 1. The van der Waals surface area contributed by atoms with Gasteiger partial charge in [0.05, 0.1) is 20.5 Å². The molecule has 27 heavy (non-hydrogen) atoms. The molecule has 7 heteroatoms. The lowest BCUT2D eigenvalue weighted by atomic mass is 10.1. The van der Waals surface area contributed by atoms with E-state index in [0.717, 1.165) is 4.70 Å². The highest BCUT2D eigenvalue weighted by Gasteiger charge is 2.18. The predicted octanol–water partition coefficient (Wildman–Crippen LogP) is 6.55. The maximum absolute atomic E-state index is 13.2. The van der Waals surface area contributed by atoms with E-state index >= 15 is 0 Å². The lowest BCUT2D eigenvalue weighted by Gasteiger charge is -2.12. The quantitative estimate of drug-likeness (QED) is 0.399. The predicted molar refractivity (Wildman–Crippen MR) is 116 cm³/mol. The lowest BCUT2D eigenvalue weighted by Crippen LogP contribution is -2.14. The summed E-state index contributed by atoms with van der Waals surface area (Å²) >= 11 is 14.9. The summed E-state index contributed by atoms with van der Waals surface area (Å²) in [5.74, 6) is -0.253. The number of halogens is 2. The van der Waals surface area contributed by atoms with E-state index in [2.05, 4.69) is 5.32 Å². The minimum absolute atomic E-state index is 0.163. The summed E-state index contributed by atoms with van der Waals surface area (Å²) in [7, 11) is 0. The molecule has 0 spiro atoms. The first-order valence-corrected chi connectivity index (χ1v) is 10.4. The summed E-state index contributed by atoms with van der Waals surface area (Å²) in [6.45, 7) is 0. The maximum Gasteiger partial charge on any atom is 0.266 e. The van der Waals surface area contributed by atoms with Crippen LogP contribution in [0.3, 0.4) is 0 Å². The van der Waals surface area contributed by atoms with E-state index in [9.17, 15) is 9.59 Å². The Morgan fingerprint density at radius 3 is 2.52 bits per heavy atom. The van der Waals surface area contributed by atoms with Crippen LogP contribution in [0.25, 0.3) is 21.2 Å². The second kappa shape index (κ2) is 7.44. The molecule has 2 aromatic carbocycles. The fourth-order valence-corrected chi connectivity index (χ4v) is 4.73. The number of thiophene rings is 1. The summed E-state index contributed by atoms with van der Waals surface area (Å²) in [6.07, 6.45) is 0. The Hall–Kier alpha value is -2.18. The highest BCUT2D eigenvalue weighted by Crippen LogP contribution is 2.36. The van der Waals surface area contributed by atoms with Gasteiger partial charge in [0.1, 0.15) is 5.00 Å². The second-order valence-electron chi connectivity index (χ2n) is 5.69. The van der Waals surface area contributed by atoms with Crippen LogP contribution in [0, 0.1) is 0 Å². The minimum Gasteiger partial charge on any atom is -0.312 e. The zero-order valence-corrected chi connectivity index (χ0v) is 16.8. The third-order valence-corrected chi connectivity index (χ3v) is 6.67. The molecule has 0 saturated heterocycles. The molecule has 1 N–H and O–H groups in total. The van der Waals surface area contributed by atoms with Crippen LogP contribution in [0.15, 0.2) is 64.8 Å². The zero-order chi connectivity index (χ0) is 19.0. The largest absolute Gasteiger partial charge is 0.312 e. The lowest BCUT2D eigenvalue weighted by molar-refractivity contribution is 0.103. The molecular weight excluding hydrogens is 421 g/mol. The zero-order valence-electron chi connectivity index (χ0n) is 13.7. The molecule has 0 bridgehead atoms. The number of benzene rings is 2. The molecule has 3 nitrogen and oxygen atoms in total. The van der Waals surface area contributed by atoms with Crippen LogP contribution in [-0.2, 0) is 0 Å². The third-order valence-electron chi connectivity index (χ3n) is 3.98. The third kappa shape index (κ3) is 3.51. The first-order chi connectivity index (χ1) is 13.0. The van der Waals surface area contributed by atoms with Crippen molar-refractivity contribution in [2.45, 2.75) is 0 Å². The van der Waals surface area contributed by atoms with Gasteiger partial charge in [-0.15, -0.1) is 22.7 Å². The highest BCUT2D eigenvalue weighted by molar-refractivity contribution is 7.22. The van der Waals surface area contributed by atoms with Gasteiger partial charge in [0.25, 0.3) is 5.91 Å². The molecule has 4 aromatic rings. The van der Waals surface area contributed by atoms with Gasteiger partial charge in [0, 0.05) is 10.1 Å². The Labute approximate surface area is 172 Å². The van der Waals surface area contributed by atoms with Gasteiger partial charge in [-0.25, -0.2) is 0 Å². The van der Waals surface area contributed by atoms with E-state index < -0.39 is 0 Å². The average Bonchev–Trinajstić information content (AvgIpc) is 3.19. The smallest absolute Gasteiger partial charge is 0.266 e. The molecule has 0 fully saturated rings. The van der Waals surface area contributed by atoms with Crippen LogP contribution < -0.4 is 10.7 Å². The Balaban J connectivity index is 1.94. The van der Waals surface area contributed by atoms with Crippen molar-refractivity contribution < 1.29 is 4.79 Å². The van der Waals surface area contributed by atoms with Crippen LogP contribution in [0.4, 0.5) is 5.00 Å². The van der Waals surface area contributed by atoms with Crippen molar-refractivity contribution in [1.29, 1.82) is 0 Å². The molecule has 4 rings (SSSR count). The molecule has 0 saturated carbocycles. The van der Waals surface area contributed by atoms with Gasteiger partial charge in [-0.3, -0.25) is 9.59 Å². The van der Waals surface area contributed by atoms with Crippen molar-refractivity contribution in [3.63, 3.8) is 0 Å². The van der Waals surface area contributed by atoms with Crippen LogP contribution in [0.1, 0.15) is 9.67 Å². The van der Waals surface area contributed by atoms with E-state index in [1.54, 1.807) is 30.3 Å². The molecule has 2 aromatic heterocycles. The average molecular weight is 432 g/mol. The van der Waals surface area contributed by atoms with E-state index in [0.29, 0.717) is 36.4 Å². The molecule has 0 aliphatic carbocycles. The molecule has 2 heterocycles. The second-order valence-corrected chi connectivity index (χ2v) is 8.51. The molecule has 0 atom stereocenters. The number of fused-ring (bicyclic) bond motifs is 1. The van der Waals surface area contributed by atoms with Crippen LogP contribution >= 0.6 is 45.9 Å². The van der Waals surface area contributed by atoms with Crippen LogP contribution in [-0.4, -0.2) is 5.91 Å². The molecule has 0 aliphatic rings. The number of carbonyl (C=O) groups excluding carboxylic acids is 1. The van der Waals surface area contributed by atoms with Crippen molar-refractivity contribution >= 4 is 66.9 Å². The monoisotopic (exact) mass is 431 g/mol. The Morgan fingerprint density at radius 2 is 1.78 bits per heavy atom. The molecule has 0 radical (unpaired) electrons. The van der Waals surface area contributed by atoms with Gasteiger partial charge in [-0.05, 0) is 41.3 Å². The van der Waals surface area contributed by atoms with E-state index in [1.807, 2.05) is 29.6 Å². The first kappa shape index (κ1) is 18.2. The molecular formula is C20H11Cl2NO2S2. The first-order valence-electron chi connectivity index (χ1n) is 7.91. The van der Waals surface area contributed by atoms with Gasteiger partial charge in [-0.1, -0.05) is 47.5 Å². The number of carbonyl (C=O) groups is 1. The highest BCUT2D eigenvalue weighted by atomic mass is 35.5. The van der Waals surface area contributed by atoms with Crippen molar-refractivity contribution in [2.75, 3.05) is 5.32 Å². The van der Waals surface area contributed by atoms with Gasteiger partial charge < -0.3 is 5.32 Å².